The fourth-order valence-electron chi connectivity index (χ4n) is 1.85. The Morgan fingerprint density at radius 1 is 1.25 bits per heavy atom. The van der Waals surface area contributed by atoms with Crippen LogP contribution in [0.2, 0.25) is 0 Å². The summed E-state index contributed by atoms with van der Waals surface area (Å²) in [6.45, 7) is 8.89. The number of hydrogen-bond donors (Lipinski definition) is 0. The molecule has 12 heavy (non-hydrogen) atoms. The standard InChI is InChI=1S/C10H19O.Y/c1-5-10-9(4)7(2)6-8(3)11-10;/h6-10H,5H2,1-4H3;/q-1;/t7-,8?,9+,10?;/m1./s1. The smallest absolute Gasteiger partial charge is 0.0544 e. The Balaban J connectivity index is 0.00000121. The minimum absolute atomic E-state index is 0. The van der Waals surface area contributed by atoms with Crippen LogP contribution in [0.25, 0.3) is 0 Å². The summed E-state index contributed by atoms with van der Waals surface area (Å²) in [6, 6.07) is 0. The SMILES string of the molecule is CCC1OC(C)[CH-][C@@H](C)[C@@H]1C.[Y]. The molecule has 0 aromatic carbocycles. The van der Waals surface area contributed by atoms with Crippen LogP contribution in [-0.4, -0.2) is 12.2 Å². The minimum Gasteiger partial charge on any atom is -0.407 e. The molecule has 4 atom stereocenters. The van der Waals surface area contributed by atoms with Gasteiger partial charge in [-0.05, 0) is 12.3 Å². The van der Waals surface area contributed by atoms with Crippen LogP contribution < -0.4 is 0 Å². The van der Waals surface area contributed by atoms with Crippen molar-refractivity contribution in [2.24, 2.45) is 11.8 Å². The summed E-state index contributed by atoms with van der Waals surface area (Å²) in [5, 5.41) is 0. The molecule has 0 aromatic heterocycles. The van der Waals surface area contributed by atoms with Crippen LogP contribution >= 0.6 is 0 Å². The molecule has 1 radical (unpaired) electrons. The molecule has 69 valence electrons. The van der Waals surface area contributed by atoms with Crippen molar-refractivity contribution in [3.63, 3.8) is 0 Å². The van der Waals surface area contributed by atoms with Crippen molar-refractivity contribution in [3.05, 3.63) is 6.42 Å². The van der Waals surface area contributed by atoms with Crippen LogP contribution in [0.5, 0.6) is 0 Å². The van der Waals surface area contributed by atoms with E-state index in [1.807, 2.05) is 0 Å². The van der Waals surface area contributed by atoms with E-state index in [0.29, 0.717) is 24.0 Å². The first-order valence-electron chi connectivity index (χ1n) is 4.65. The molecule has 2 unspecified atom stereocenters. The van der Waals surface area contributed by atoms with Gasteiger partial charge >= 0.3 is 0 Å². The van der Waals surface area contributed by atoms with Crippen molar-refractivity contribution in [2.45, 2.75) is 46.3 Å². The maximum absolute atomic E-state index is 5.76. The van der Waals surface area contributed by atoms with Gasteiger partial charge in [0.05, 0.1) is 6.10 Å². The molecule has 0 aliphatic carbocycles. The van der Waals surface area contributed by atoms with Gasteiger partial charge in [0.15, 0.2) is 0 Å². The Kier molecular flexibility index (Phi) is 6.23. The molecule has 1 saturated heterocycles. The molecule has 0 aromatic rings. The maximum Gasteiger partial charge on any atom is 0.0544 e. The zero-order chi connectivity index (χ0) is 8.43. The third-order valence-electron chi connectivity index (χ3n) is 2.78. The number of rotatable bonds is 1. The normalized spacial score (nSPS) is 42.0. The minimum atomic E-state index is 0. The molecule has 2 heteroatoms. The second-order valence-corrected chi connectivity index (χ2v) is 3.70. The molecule has 0 saturated carbocycles. The Morgan fingerprint density at radius 2 is 1.83 bits per heavy atom. The monoisotopic (exact) mass is 244 g/mol. The largest absolute Gasteiger partial charge is 0.407 e. The summed E-state index contributed by atoms with van der Waals surface area (Å²) in [7, 11) is 0. The van der Waals surface area contributed by atoms with E-state index < -0.39 is 0 Å². The summed E-state index contributed by atoms with van der Waals surface area (Å²) in [5.74, 6) is 1.40. The van der Waals surface area contributed by atoms with E-state index in [0.717, 1.165) is 6.42 Å². The quantitative estimate of drug-likeness (QED) is 0.644. The Morgan fingerprint density at radius 3 is 2.33 bits per heavy atom. The van der Waals surface area contributed by atoms with Crippen LogP contribution in [0.1, 0.15) is 34.1 Å². The Labute approximate surface area is 102 Å². The van der Waals surface area contributed by atoms with Crippen LogP contribution in [0.4, 0.5) is 0 Å². The van der Waals surface area contributed by atoms with Gasteiger partial charge in [0.2, 0.25) is 0 Å². The molecule has 0 N–H and O–H groups in total. The molecule has 1 rings (SSSR count). The average Bonchev–Trinajstić information content (AvgIpc) is 1.96. The van der Waals surface area contributed by atoms with Gasteiger partial charge in [-0.2, -0.15) is 5.92 Å². The summed E-state index contributed by atoms with van der Waals surface area (Å²) >= 11 is 0. The first kappa shape index (κ1) is 13.1. The van der Waals surface area contributed by atoms with E-state index >= 15 is 0 Å². The zero-order valence-corrected chi connectivity index (χ0v) is 11.4. The van der Waals surface area contributed by atoms with E-state index in [1.165, 1.54) is 0 Å². The van der Waals surface area contributed by atoms with Crippen LogP contribution in [0.3, 0.4) is 0 Å². The topological polar surface area (TPSA) is 9.23 Å². The van der Waals surface area contributed by atoms with Crippen molar-refractivity contribution in [1.29, 1.82) is 0 Å². The molecule has 0 amide bonds. The van der Waals surface area contributed by atoms with Crippen molar-refractivity contribution >= 4 is 0 Å². The predicted octanol–water partition coefficient (Wildman–Crippen LogP) is 2.66. The third-order valence-corrected chi connectivity index (χ3v) is 2.78. The van der Waals surface area contributed by atoms with Gasteiger partial charge in [0, 0.05) is 32.7 Å². The van der Waals surface area contributed by atoms with Gasteiger partial charge < -0.3 is 4.74 Å². The van der Waals surface area contributed by atoms with Crippen molar-refractivity contribution < 1.29 is 37.4 Å². The van der Waals surface area contributed by atoms with Gasteiger partial charge in [-0.3, -0.25) is 6.42 Å². The summed E-state index contributed by atoms with van der Waals surface area (Å²) in [6.07, 6.45) is 4.27. The average molecular weight is 244 g/mol. The molecule has 1 fully saturated rings. The molecule has 0 spiro atoms. The van der Waals surface area contributed by atoms with Gasteiger partial charge in [-0.1, -0.05) is 33.8 Å². The van der Waals surface area contributed by atoms with E-state index in [4.69, 9.17) is 4.74 Å². The van der Waals surface area contributed by atoms with Gasteiger partial charge in [-0.25, -0.2) is 0 Å². The van der Waals surface area contributed by atoms with Gasteiger partial charge in [-0.15, -0.1) is 0 Å². The van der Waals surface area contributed by atoms with Crippen LogP contribution in [-0.2, 0) is 37.4 Å². The molecule has 1 aliphatic heterocycles. The summed E-state index contributed by atoms with van der Waals surface area (Å²) in [5.41, 5.74) is 0. The number of hydrogen-bond acceptors (Lipinski definition) is 1. The molecule has 1 nitrogen and oxygen atoms in total. The zero-order valence-electron chi connectivity index (χ0n) is 8.58. The molecule has 1 heterocycles. The Hall–Kier alpha value is 1.06. The van der Waals surface area contributed by atoms with Crippen LogP contribution in [0.15, 0.2) is 0 Å². The van der Waals surface area contributed by atoms with Crippen molar-refractivity contribution in [2.75, 3.05) is 0 Å². The predicted molar refractivity (Wildman–Crippen MR) is 47.3 cm³/mol. The van der Waals surface area contributed by atoms with Crippen molar-refractivity contribution in [3.8, 4) is 0 Å². The summed E-state index contributed by atoms with van der Waals surface area (Å²) in [4.78, 5) is 0. The summed E-state index contributed by atoms with van der Waals surface area (Å²) < 4.78 is 5.76. The molecular weight excluding hydrogens is 225 g/mol. The second-order valence-electron chi connectivity index (χ2n) is 3.70. The number of ether oxygens (including phenoxy) is 1. The third kappa shape index (κ3) is 3.08. The second kappa shape index (κ2) is 5.72. The van der Waals surface area contributed by atoms with Gasteiger partial charge in [0.25, 0.3) is 0 Å². The molecular formula is C10H19OY-. The van der Waals surface area contributed by atoms with Crippen LogP contribution in [0, 0.1) is 18.3 Å². The Bertz CT molecular complexity index is 127. The van der Waals surface area contributed by atoms with E-state index in [-0.39, 0.29) is 32.7 Å². The van der Waals surface area contributed by atoms with E-state index in [9.17, 15) is 0 Å². The first-order valence-corrected chi connectivity index (χ1v) is 4.65. The first-order chi connectivity index (χ1) is 5.15. The molecule has 1 aliphatic rings. The van der Waals surface area contributed by atoms with Gasteiger partial charge in [0.1, 0.15) is 0 Å². The fourth-order valence-corrected chi connectivity index (χ4v) is 1.85. The van der Waals surface area contributed by atoms with E-state index in [1.54, 1.807) is 0 Å². The molecule has 0 bridgehead atoms. The van der Waals surface area contributed by atoms with E-state index in [2.05, 4.69) is 34.1 Å². The fraction of sp³-hybridized carbons (Fsp3) is 0.900. The maximum atomic E-state index is 5.76. The van der Waals surface area contributed by atoms with Crippen molar-refractivity contribution in [1.82, 2.24) is 0 Å².